The zero-order valence-corrected chi connectivity index (χ0v) is 15.9. The summed E-state index contributed by atoms with van der Waals surface area (Å²) in [6.07, 6.45) is 7.09. The molecule has 1 aromatic heterocycles. The lowest BCUT2D eigenvalue weighted by molar-refractivity contribution is -0.125. The highest BCUT2D eigenvalue weighted by atomic mass is 16.1. The molecule has 26 heavy (non-hydrogen) atoms. The maximum absolute atomic E-state index is 12.2. The van der Waals surface area contributed by atoms with Crippen LogP contribution >= 0.6 is 0 Å². The maximum atomic E-state index is 12.2. The van der Waals surface area contributed by atoms with Gasteiger partial charge in [-0.05, 0) is 45.0 Å². The zero-order chi connectivity index (χ0) is 18.5. The van der Waals surface area contributed by atoms with Gasteiger partial charge in [0, 0.05) is 31.6 Å². The molecule has 3 rings (SSSR count). The Morgan fingerprint density at radius 3 is 2.69 bits per heavy atom. The number of hydrogen-bond acceptors (Lipinski definition) is 3. The number of aromatic nitrogens is 2. The average molecular weight is 352 g/mol. The first-order valence-electron chi connectivity index (χ1n) is 9.22. The van der Waals surface area contributed by atoms with Gasteiger partial charge in [-0.2, -0.15) is 5.10 Å². The molecule has 0 bridgehead atoms. The van der Waals surface area contributed by atoms with E-state index in [-0.39, 0.29) is 11.8 Å². The molecule has 0 saturated heterocycles. The van der Waals surface area contributed by atoms with E-state index < -0.39 is 0 Å². The molecule has 1 heterocycles. The molecular formula is C21H28N4O. The van der Waals surface area contributed by atoms with E-state index in [4.69, 9.17) is 0 Å². The molecule has 0 fully saturated rings. The molecule has 1 unspecified atom stereocenters. The number of benzene rings is 1. The van der Waals surface area contributed by atoms with Crippen LogP contribution in [0.25, 0.3) is 11.3 Å². The topological polar surface area (TPSA) is 50.2 Å². The number of rotatable bonds is 6. The third kappa shape index (κ3) is 4.61. The Labute approximate surface area is 155 Å². The number of carbonyl (C=O) groups is 1. The summed E-state index contributed by atoms with van der Waals surface area (Å²) < 4.78 is 1.93. The lowest BCUT2D eigenvalue weighted by Gasteiger charge is -2.17. The summed E-state index contributed by atoms with van der Waals surface area (Å²) in [7, 11) is 6.09. The van der Waals surface area contributed by atoms with E-state index in [0.717, 1.165) is 42.6 Å². The van der Waals surface area contributed by atoms with E-state index in [2.05, 4.69) is 71.9 Å². The second-order valence-electron chi connectivity index (χ2n) is 7.28. The molecule has 0 spiro atoms. The van der Waals surface area contributed by atoms with Crippen molar-refractivity contribution in [1.82, 2.24) is 20.0 Å². The Balaban J connectivity index is 1.60. The minimum absolute atomic E-state index is 0.128. The molecule has 1 N–H and O–H groups in total. The van der Waals surface area contributed by atoms with Gasteiger partial charge in [-0.25, -0.2) is 0 Å². The van der Waals surface area contributed by atoms with Gasteiger partial charge in [0.1, 0.15) is 0 Å². The normalized spacial score (nSPS) is 16.8. The minimum Gasteiger partial charge on any atom is -0.352 e. The highest BCUT2D eigenvalue weighted by molar-refractivity contribution is 5.79. The molecule has 2 aromatic rings. The molecule has 1 atom stereocenters. The smallest absolute Gasteiger partial charge is 0.223 e. The third-order valence-corrected chi connectivity index (χ3v) is 4.81. The van der Waals surface area contributed by atoms with E-state index in [1.165, 1.54) is 5.69 Å². The quantitative estimate of drug-likeness (QED) is 0.813. The predicted molar refractivity (Wildman–Crippen MR) is 104 cm³/mol. The molecule has 0 radical (unpaired) electrons. The molecule has 138 valence electrons. The third-order valence-electron chi connectivity index (χ3n) is 4.81. The lowest BCUT2D eigenvalue weighted by atomic mass is 9.93. The minimum atomic E-state index is 0.128. The first-order chi connectivity index (χ1) is 12.5. The van der Waals surface area contributed by atoms with Crippen LogP contribution < -0.4 is 5.32 Å². The Bertz CT molecular complexity index is 774. The second kappa shape index (κ2) is 8.32. The van der Waals surface area contributed by atoms with Crippen LogP contribution in [0.2, 0.25) is 0 Å². The van der Waals surface area contributed by atoms with Gasteiger partial charge >= 0.3 is 0 Å². The standard InChI is InChI=1S/C21H28N4O/c1-24(2)15-19-13-20(23-25(19)3)17-11-9-16(10-12-17)14-22-21(26)18-7-5-4-6-8-18/h4-5,9-13,18H,6-8,14-15H2,1-3H3,(H,22,26). The van der Waals surface area contributed by atoms with Crippen molar-refractivity contribution in [2.45, 2.75) is 32.4 Å². The molecule has 1 aliphatic carbocycles. The van der Waals surface area contributed by atoms with Crippen LogP contribution in [0.15, 0.2) is 42.5 Å². The monoisotopic (exact) mass is 352 g/mol. The molecular weight excluding hydrogens is 324 g/mol. The van der Waals surface area contributed by atoms with Crippen molar-refractivity contribution in [2.24, 2.45) is 13.0 Å². The summed E-state index contributed by atoms with van der Waals surface area (Å²) in [5.74, 6) is 0.291. The van der Waals surface area contributed by atoms with Crippen LogP contribution in [0, 0.1) is 5.92 Å². The largest absolute Gasteiger partial charge is 0.352 e. The Morgan fingerprint density at radius 1 is 1.27 bits per heavy atom. The summed E-state index contributed by atoms with van der Waals surface area (Å²) in [5, 5.41) is 7.68. The van der Waals surface area contributed by atoms with Crippen LogP contribution in [0.1, 0.15) is 30.5 Å². The number of hydrogen-bond donors (Lipinski definition) is 1. The Morgan fingerprint density at radius 2 is 2.04 bits per heavy atom. The van der Waals surface area contributed by atoms with E-state index >= 15 is 0 Å². The first kappa shape index (κ1) is 18.4. The number of allylic oxidation sites excluding steroid dienone is 2. The Kier molecular flexibility index (Phi) is 5.89. The van der Waals surface area contributed by atoms with Crippen LogP contribution in [0.5, 0.6) is 0 Å². The maximum Gasteiger partial charge on any atom is 0.223 e. The Hall–Kier alpha value is -2.40. The fourth-order valence-electron chi connectivity index (χ4n) is 3.28. The van der Waals surface area contributed by atoms with Gasteiger partial charge in [0.15, 0.2) is 0 Å². The number of carbonyl (C=O) groups excluding carboxylic acids is 1. The average Bonchev–Trinajstić information content (AvgIpc) is 3.00. The summed E-state index contributed by atoms with van der Waals surface area (Å²) in [4.78, 5) is 14.4. The fourth-order valence-corrected chi connectivity index (χ4v) is 3.28. The molecule has 5 nitrogen and oxygen atoms in total. The fraction of sp³-hybridized carbons (Fsp3) is 0.429. The van der Waals surface area contributed by atoms with Gasteiger partial charge in [0.25, 0.3) is 0 Å². The molecule has 1 amide bonds. The van der Waals surface area contributed by atoms with Crippen LogP contribution in [0.3, 0.4) is 0 Å². The molecule has 0 aliphatic heterocycles. The van der Waals surface area contributed by atoms with Gasteiger partial charge in [-0.1, -0.05) is 36.4 Å². The van der Waals surface area contributed by atoms with E-state index in [9.17, 15) is 4.79 Å². The number of nitrogens with one attached hydrogen (secondary N) is 1. The summed E-state index contributed by atoms with van der Waals surface area (Å²) >= 11 is 0. The lowest BCUT2D eigenvalue weighted by Crippen LogP contribution is -2.30. The number of amides is 1. The number of nitrogens with zero attached hydrogens (tertiary/aromatic N) is 3. The summed E-state index contributed by atoms with van der Waals surface area (Å²) in [6, 6.07) is 10.4. The van der Waals surface area contributed by atoms with Crippen LogP contribution in [-0.2, 0) is 24.9 Å². The highest BCUT2D eigenvalue weighted by Gasteiger charge is 2.18. The van der Waals surface area contributed by atoms with Crippen molar-refractivity contribution in [2.75, 3.05) is 14.1 Å². The van der Waals surface area contributed by atoms with Gasteiger partial charge in [0.05, 0.1) is 11.4 Å². The van der Waals surface area contributed by atoms with Crippen molar-refractivity contribution in [3.8, 4) is 11.3 Å². The molecule has 0 saturated carbocycles. The van der Waals surface area contributed by atoms with Crippen LogP contribution in [-0.4, -0.2) is 34.7 Å². The van der Waals surface area contributed by atoms with Crippen molar-refractivity contribution in [3.63, 3.8) is 0 Å². The van der Waals surface area contributed by atoms with Crippen molar-refractivity contribution < 1.29 is 4.79 Å². The molecule has 5 heteroatoms. The summed E-state index contributed by atoms with van der Waals surface area (Å²) in [6.45, 7) is 1.44. The zero-order valence-electron chi connectivity index (χ0n) is 15.9. The first-order valence-corrected chi connectivity index (χ1v) is 9.22. The van der Waals surface area contributed by atoms with Crippen LogP contribution in [0.4, 0.5) is 0 Å². The van der Waals surface area contributed by atoms with E-state index in [1.807, 2.05) is 11.7 Å². The van der Waals surface area contributed by atoms with Gasteiger partial charge < -0.3 is 10.2 Å². The van der Waals surface area contributed by atoms with Gasteiger partial charge in [-0.3, -0.25) is 9.48 Å². The second-order valence-corrected chi connectivity index (χ2v) is 7.28. The summed E-state index contributed by atoms with van der Waals surface area (Å²) in [5.41, 5.74) is 4.37. The molecule has 1 aliphatic rings. The van der Waals surface area contributed by atoms with E-state index in [0.29, 0.717) is 6.54 Å². The van der Waals surface area contributed by atoms with Gasteiger partial charge in [-0.15, -0.1) is 0 Å². The van der Waals surface area contributed by atoms with E-state index in [1.54, 1.807) is 0 Å². The van der Waals surface area contributed by atoms with Gasteiger partial charge in [0.2, 0.25) is 5.91 Å². The predicted octanol–water partition coefficient (Wildman–Crippen LogP) is 3.12. The molecule has 1 aromatic carbocycles. The SMILES string of the molecule is CN(C)Cc1cc(-c2ccc(CNC(=O)C3CC=CCC3)cc2)nn1C. The number of aryl methyl sites for hydroxylation is 1. The van der Waals surface area contributed by atoms with Crippen molar-refractivity contribution in [1.29, 1.82) is 0 Å². The highest BCUT2D eigenvalue weighted by Crippen LogP contribution is 2.21. The van der Waals surface area contributed by atoms with Crippen molar-refractivity contribution >= 4 is 5.91 Å². The van der Waals surface area contributed by atoms with Crippen molar-refractivity contribution in [3.05, 3.63) is 53.7 Å².